The fourth-order valence-electron chi connectivity index (χ4n) is 1.95. The van der Waals surface area contributed by atoms with Gasteiger partial charge in [0.25, 0.3) is 0 Å². The van der Waals surface area contributed by atoms with Gasteiger partial charge in [-0.15, -0.1) is 0 Å². The zero-order valence-electron chi connectivity index (χ0n) is 12.3. The summed E-state index contributed by atoms with van der Waals surface area (Å²) in [5, 5.41) is 9.09. The molecule has 0 heterocycles. The summed E-state index contributed by atoms with van der Waals surface area (Å²) >= 11 is 5.58. The Morgan fingerprint density at radius 2 is 1.92 bits per heavy atom. The molecule has 0 aliphatic rings. The van der Waals surface area contributed by atoms with Crippen molar-refractivity contribution >= 4 is 53.2 Å². The summed E-state index contributed by atoms with van der Waals surface area (Å²) in [7, 11) is 0. The highest BCUT2D eigenvalue weighted by Gasteiger charge is 2.32. The van der Waals surface area contributed by atoms with Crippen LogP contribution in [0.5, 0.6) is 0 Å². The Bertz CT molecular complexity index is 666. The number of benzene rings is 1. The van der Waals surface area contributed by atoms with Crippen LogP contribution < -0.4 is 0 Å². The van der Waals surface area contributed by atoms with E-state index in [0.29, 0.717) is 12.1 Å². The van der Waals surface area contributed by atoms with Gasteiger partial charge in [-0.2, -0.15) is 25.8 Å². The van der Waals surface area contributed by atoms with Gasteiger partial charge in [0.05, 0.1) is 34.0 Å². The minimum Gasteiger partial charge on any atom is -0.478 e. The standard InChI is InChI=1S/C14H13F3INO4S/c1-7(20)19(18)11(6-24)12(21)5-8-4-9(14(15,16)17)2-3-10(8)13(22)23/h2-4,11,24H,5-6H2,1H3,(H,22,23). The molecule has 0 aliphatic heterocycles. The number of alkyl halides is 3. The maximum absolute atomic E-state index is 12.8. The van der Waals surface area contributed by atoms with Crippen LogP contribution in [-0.4, -0.2) is 37.7 Å². The zero-order chi connectivity index (χ0) is 18.7. The summed E-state index contributed by atoms with van der Waals surface area (Å²) in [6, 6.07) is 1.13. The first-order valence-electron chi connectivity index (χ1n) is 6.51. The molecule has 132 valence electrons. The molecule has 5 nitrogen and oxygen atoms in total. The maximum Gasteiger partial charge on any atom is 0.416 e. The highest BCUT2D eigenvalue weighted by molar-refractivity contribution is 14.1. The number of carboxylic acids is 1. The fourth-order valence-corrected chi connectivity index (χ4v) is 3.14. The predicted molar refractivity (Wildman–Crippen MR) is 91.3 cm³/mol. The lowest BCUT2D eigenvalue weighted by atomic mass is 9.97. The Morgan fingerprint density at radius 3 is 2.33 bits per heavy atom. The molecule has 0 bridgehead atoms. The van der Waals surface area contributed by atoms with E-state index in [1.807, 2.05) is 0 Å². The summed E-state index contributed by atoms with van der Waals surface area (Å²) in [6.07, 6.45) is -5.21. The second-order valence-electron chi connectivity index (χ2n) is 4.85. The van der Waals surface area contributed by atoms with Crippen molar-refractivity contribution in [1.29, 1.82) is 0 Å². The topological polar surface area (TPSA) is 74.7 Å². The third kappa shape index (κ3) is 5.10. The minimum atomic E-state index is -4.66. The van der Waals surface area contributed by atoms with Gasteiger partial charge in [-0.05, 0) is 23.8 Å². The lowest BCUT2D eigenvalue weighted by Gasteiger charge is -2.22. The number of amides is 1. The number of thiol groups is 1. The number of hydrogen-bond acceptors (Lipinski definition) is 4. The number of ketones is 1. The van der Waals surface area contributed by atoms with Gasteiger partial charge in [-0.1, -0.05) is 0 Å². The number of Topliss-reactive ketones (excluding diaryl/α,β-unsaturated/α-hetero) is 1. The Morgan fingerprint density at radius 1 is 1.33 bits per heavy atom. The monoisotopic (exact) mass is 475 g/mol. The van der Waals surface area contributed by atoms with Crippen LogP contribution in [0.15, 0.2) is 18.2 Å². The lowest BCUT2D eigenvalue weighted by molar-refractivity contribution is -0.137. The molecule has 0 spiro atoms. The molecule has 1 rings (SSSR count). The molecule has 1 amide bonds. The van der Waals surface area contributed by atoms with Crippen LogP contribution in [0.25, 0.3) is 0 Å². The van der Waals surface area contributed by atoms with Crippen molar-refractivity contribution in [2.24, 2.45) is 0 Å². The van der Waals surface area contributed by atoms with Crippen LogP contribution in [0.2, 0.25) is 0 Å². The first-order chi connectivity index (χ1) is 11.0. The van der Waals surface area contributed by atoms with Crippen LogP contribution >= 0.6 is 35.5 Å². The van der Waals surface area contributed by atoms with E-state index in [9.17, 15) is 27.6 Å². The summed E-state index contributed by atoms with van der Waals surface area (Å²) in [4.78, 5) is 34.8. The van der Waals surface area contributed by atoms with Gasteiger partial charge in [-0.25, -0.2) is 4.79 Å². The van der Waals surface area contributed by atoms with Crippen molar-refractivity contribution < 1.29 is 32.7 Å². The van der Waals surface area contributed by atoms with Crippen LogP contribution in [0.1, 0.15) is 28.4 Å². The molecular formula is C14H13F3INO4S. The van der Waals surface area contributed by atoms with Crippen molar-refractivity contribution in [3.63, 3.8) is 0 Å². The Kier molecular flexibility index (Phi) is 7.08. The largest absolute Gasteiger partial charge is 0.478 e. The number of rotatable bonds is 6. The molecule has 0 saturated heterocycles. The molecule has 1 atom stereocenters. The van der Waals surface area contributed by atoms with E-state index in [2.05, 4.69) is 12.6 Å². The third-order valence-corrected chi connectivity index (χ3v) is 4.84. The van der Waals surface area contributed by atoms with E-state index in [0.717, 1.165) is 9.18 Å². The molecule has 0 aromatic heterocycles. The van der Waals surface area contributed by atoms with E-state index in [1.54, 1.807) is 22.9 Å². The average molecular weight is 475 g/mol. The number of carbonyl (C=O) groups excluding carboxylic acids is 2. The van der Waals surface area contributed by atoms with Crippen molar-refractivity contribution in [3.8, 4) is 0 Å². The molecule has 24 heavy (non-hydrogen) atoms. The Hall–Kier alpha value is -1.30. The van der Waals surface area contributed by atoms with Gasteiger partial charge in [0, 0.05) is 19.1 Å². The van der Waals surface area contributed by atoms with E-state index in [1.165, 1.54) is 6.92 Å². The zero-order valence-corrected chi connectivity index (χ0v) is 15.4. The van der Waals surface area contributed by atoms with Crippen molar-refractivity contribution in [2.45, 2.75) is 25.6 Å². The minimum absolute atomic E-state index is 0.0390. The average Bonchev–Trinajstić information content (AvgIpc) is 2.46. The SMILES string of the molecule is CC(=O)N(I)C(CS)C(=O)Cc1cc(C(F)(F)F)ccc1C(=O)O. The number of halogens is 4. The number of aromatic carboxylic acids is 1. The fraction of sp³-hybridized carbons (Fsp3) is 0.357. The van der Waals surface area contributed by atoms with Crippen LogP contribution in [0, 0.1) is 0 Å². The van der Waals surface area contributed by atoms with Gasteiger partial charge in [0.1, 0.15) is 6.04 Å². The molecule has 10 heteroatoms. The molecular weight excluding hydrogens is 462 g/mol. The highest BCUT2D eigenvalue weighted by atomic mass is 127. The predicted octanol–water partition coefficient (Wildman–Crippen LogP) is 3.01. The first kappa shape index (κ1) is 20.7. The molecule has 1 N–H and O–H groups in total. The van der Waals surface area contributed by atoms with Crippen molar-refractivity contribution in [2.75, 3.05) is 5.75 Å². The molecule has 0 fully saturated rings. The number of nitrogens with zero attached hydrogens (tertiary/aromatic N) is 1. The van der Waals surface area contributed by atoms with Gasteiger partial charge in [0.15, 0.2) is 5.78 Å². The smallest absolute Gasteiger partial charge is 0.416 e. The number of carboxylic acid groups (broad SMARTS) is 1. The molecule has 1 unspecified atom stereocenters. The van der Waals surface area contributed by atoms with Crippen molar-refractivity contribution in [3.05, 3.63) is 34.9 Å². The molecule has 1 aromatic carbocycles. The summed E-state index contributed by atoms with van der Waals surface area (Å²) < 4.78 is 39.5. The van der Waals surface area contributed by atoms with Crippen LogP contribution in [0.3, 0.4) is 0 Å². The summed E-state index contributed by atoms with van der Waals surface area (Å²) in [6.45, 7) is 1.23. The molecule has 0 saturated carbocycles. The molecule has 1 aromatic rings. The van der Waals surface area contributed by atoms with Crippen LogP contribution in [0.4, 0.5) is 13.2 Å². The second-order valence-corrected chi connectivity index (χ2v) is 6.25. The second kappa shape index (κ2) is 8.19. The van der Waals surface area contributed by atoms with Gasteiger partial charge in [-0.3, -0.25) is 12.7 Å². The van der Waals surface area contributed by atoms with Crippen molar-refractivity contribution in [1.82, 2.24) is 3.11 Å². The maximum atomic E-state index is 12.8. The summed E-state index contributed by atoms with van der Waals surface area (Å²) in [5.74, 6) is -2.50. The normalized spacial score (nSPS) is 12.6. The van der Waals surface area contributed by atoms with Gasteiger partial charge >= 0.3 is 12.1 Å². The van der Waals surface area contributed by atoms with Crippen LogP contribution in [-0.2, 0) is 22.2 Å². The Labute approximate surface area is 155 Å². The summed E-state index contributed by atoms with van der Waals surface area (Å²) in [5.41, 5.74) is -1.70. The number of hydrogen-bond donors (Lipinski definition) is 2. The third-order valence-electron chi connectivity index (χ3n) is 3.15. The Balaban J connectivity index is 3.22. The van der Waals surface area contributed by atoms with Gasteiger partial charge < -0.3 is 5.11 Å². The van der Waals surface area contributed by atoms with E-state index >= 15 is 0 Å². The lowest BCUT2D eigenvalue weighted by Crippen LogP contribution is -2.39. The van der Waals surface area contributed by atoms with Gasteiger partial charge in [0.2, 0.25) is 5.91 Å². The number of carbonyl (C=O) groups is 3. The quantitative estimate of drug-likeness (QED) is 0.377. The first-order valence-corrected chi connectivity index (χ1v) is 8.11. The van der Waals surface area contributed by atoms with E-state index in [-0.39, 0.29) is 11.3 Å². The molecule has 0 aliphatic carbocycles. The van der Waals surface area contributed by atoms with E-state index < -0.39 is 47.4 Å². The molecule has 0 radical (unpaired) electrons. The van der Waals surface area contributed by atoms with E-state index in [4.69, 9.17) is 5.11 Å². The highest BCUT2D eigenvalue weighted by Crippen LogP contribution is 2.31.